The number of aliphatic imine (C=N–C) groups is 1. The molecule has 1 amide bonds. The minimum absolute atomic E-state index is 0.0374. The molecule has 3 rings (SSSR count). The molecule has 1 heterocycles. The molecule has 1 aliphatic heterocycles. The molecule has 0 aromatic heterocycles. The van der Waals surface area contributed by atoms with Gasteiger partial charge in [-0.3, -0.25) is 10.1 Å². The second-order valence-electron chi connectivity index (χ2n) is 7.39. The van der Waals surface area contributed by atoms with Crippen molar-refractivity contribution in [1.29, 1.82) is 0 Å². The summed E-state index contributed by atoms with van der Waals surface area (Å²) in [4.78, 5) is 17.2. The van der Waals surface area contributed by atoms with Gasteiger partial charge in [-0.15, -0.1) is 11.8 Å². The minimum atomic E-state index is -0.493. The Morgan fingerprint density at radius 1 is 1.42 bits per heavy atom. The van der Waals surface area contributed by atoms with Crippen LogP contribution >= 0.6 is 11.8 Å². The van der Waals surface area contributed by atoms with Crippen LogP contribution in [0.25, 0.3) is 5.70 Å². The Kier molecular flexibility index (Phi) is 5.61. The number of phenols is 1. The summed E-state index contributed by atoms with van der Waals surface area (Å²) in [6.45, 7) is 6.54. The average Bonchev–Trinajstić information content (AvgIpc) is 3.44. The maximum atomic E-state index is 12.7. The van der Waals surface area contributed by atoms with E-state index in [1.54, 1.807) is 23.9 Å². The third-order valence-electron chi connectivity index (χ3n) is 4.74. The van der Waals surface area contributed by atoms with Gasteiger partial charge in [-0.1, -0.05) is 19.1 Å². The number of guanidine groups is 1. The number of carbonyl (C=O) groups excluding carboxylic acids is 1. The molecule has 1 fully saturated rings. The first-order chi connectivity index (χ1) is 12.4. The highest BCUT2D eigenvalue weighted by Gasteiger charge is 2.33. The molecule has 0 radical (unpaired) electrons. The summed E-state index contributed by atoms with van der Waals surface area (Å²) in [7, 11) is 0. The standard InChI is InChI=1S/C20H27N3O2S/c1-4-14-11-21-19(22-17(14)15-6-5-7-16(24)10-15)23-18(25)20(2,3)26-12-13-8-9-13/h5-7,10,13,24H,4,8-9,11-12H2,1-3H3,(H2,21,22,23,25). The maximum Gasteiger partial charge on any atom is 0.242 e. The fourth-order valence-electron chi connectivity index (χ4n) is 2.73. The maximum absolute atomic E-state index is 12.7. The molecule has 3 N–H and O–H groups in total. The first-order valence-electron chi connectivity index (χ1n) is 9.17. The number of hydrogen-bond donors (Lipinski definition) is 3. The molecule has 0 atom stereocenters. The van der Waals surface area contributed by atoms with E-state index in [0.717, 1.165) is 34.9 Å². The molecule has 0 saturated heterocycles. The zero-order valence-electron chi connectivity index (χ0n) is 15.6. The molecule has 140 valence electrons. The van der Waals surface area contributed by atoms with E-state index in [2.05, 4.69) is 22.5 Å². The van der Waals surface area contributed by atoms with Crippen LogP contribution in [0, 0.1) is 5.92 Å². The molecule has 1 aromatic carbocycles. The second kappa shape index (κ2) is 7.74. The van der Waals surface area contributed by atoms with E-state index in [4.69, 9.17) is 0 Å². The molecule has 2 aliphatic rings. The zero-order valence-corrected chi connectivity index (χ0v) is 16.4. The van der Waals surface area contributed by atoms with Gasteiger partial charge in [0.2, 0.25) is 11.9 Å². The van der Waals surface area contributed by atoms with Crippen LogP contribution in [-0.4, -0.2) is 34.0 Å². The zero-order chi connectivity index (χ0) is 18.7. The smallest absolute Gasteiger partial charge is 0.242 e. The highest BCUT2D eigenvalue weighted by atomic mass is 32.2. The van der Waals surface area contributed by atoms with Gasteiger partial charge in [0.05, 0.1) is 11.3 Å². The topological polar surface area (TPSA) is 73.7 Å². The summed E-state index contributed by atoms with van der Waals surface area (Å²) < 4.78 is -0.493. The van der Waals surface area contributed by atoms with Crippen LogP contribution in [-0.2, 0) is 4.79 Å². The Bertz CT molecular complexity index is 751. The number of aromatic hydroxyl groups is 1. The Hall–Kier alpha value is -1.95. The van der Waals surface area contributed by atoms with Crippen LogP contribution in [0.5, 0.6) is 5.75 Å². The highest BCUT2D eigenvalue weighted by Crippen LogP contribution is 2.37. The van der Waals surface area contributed by atoms with Gasteiger partial charge >= 0.3 is 0 Å². The number of nitrogens with one attached hydrogen (secondary N) is 2. The van der Waals surface area contributed by atoms with Crippen LogP contribution in [0.2, 0.25) is 0 Å². The van der Waals surface area contributed by atoms with Gasteiger partial charge in [-0.25, -0.2) is 4.99 Å². The van der Waals surface area contributed by atoms with Crippen molar-refractivity contribution < 1.29 is 9.90 Å². The third kappa shape index (κ3) is 4.61. The monoisotopic (exact) mass is 373 g/mol. The Morgan fingerprint density at radius 3 is 2.85 bits per heavy atom. The van der Waals surface area contributed by atoms with Crippen LogP contribution < -0.4 is 10.6 Å². The number of hydrogen-bond acceptors (Lipinski definition) is 5. The van der Waals surface area contributed by atoms with Crippen molar-refractivity contribution in [2.75, 3.05) is 12.3 Å². The highest BCUT2D eigenvalue weighted by molar-refractivity contribution is 8.01. The molecular weight excluding hydrogens is 346 g/mol. The summed E-state index contributed by atoms with van der Waals surface area (Å²) in [5, 5.41) is 16.0. The lowest BCUT2D eigenvalue weighted by atomic mass is 10.0. The van der Waals surface area contributed by atoms with E-state index in [-0.39, 0.29) is 11.7 Å². The first-order valence-corrected chi connectivity index (χ1v) is 10.2. The summed E-state index contributed by atoms with van der Waals surface area (Å²) in [6.07, 6.45) is 3.43. The number of benzene rings is 1. The lowest BCUT2D eigenvalue weighted by Crippen LogP contribution is -2.49. The lowest BCUT2D eigenvalue weighted by molar-refractivity contribution is -0.121. The van der Waals surface area contributed by atoms with Crippen molar-refractivity contribution in [3.05, 3.63) is 35.4 Å². The van der Waals surface area contributed by atoms with Crippen LogP contribution in [0.15, 0.2) is 34.8 Å². The molecule has 1 saturated carbocycles. The molecule has 0 bridgehead atoms. The number of phenolic OH excluding ortho intramolecular Hbond substituents is 1. The van der Waals surface area contributed by atoms with E-state index in [9.17, 15) is 9.90 Å². The van der Waals surface area contributed by atoms with Crippen LogP contribution in [0.3, 0.4) is 0 Å². The quantitative estimate of drug-likeness (QED) is 0.713. The molecule has 1 aromatic rings. The van der Waals surface area contributed by atoms with Crippen molar-refractivity contribution in [2.45, 2.75) is 44.8 Å². The van der Waals surface area contributed by atoms with Crippen LogP contribution in [0.1, 0.15) is 45.6 Å². The van der Waals surface area contributed by atoms with Gasteiger partial charge < -0.3 is 10.4 Å². The minimum Gasteiger partial charge on any atom is -0.508 e. The summed E-state index contributed by atoms with van der Waals surface area (Å²) in [5.41, 5.74) is 2.96. The molecule has 5 nitrogen and oxygen atoms in total. The number of amides is 1. The van der Waals surface area contributed by atoms with Crippen molar-refractivity contribution >= 4 is 29.3 Å². The Morgan fingerprint density at radius 2 is 2.19 bits per heavy atom. The summed E-state index contributed by atoms with van der Waals surface area (Å²) in [5.74, 6) is 2.48. The summed E-state index contributed by atoms with van der Waals surface area (Å²) >= 11 is 1.71. The largest absolute Gasteiger partial charge is 0.508 e. The number of carbonyl (C=O) groups is 1. The van der Waals surface area contributed by atoms with Gasteiger partial charge in [-0.2, -0.15) is 0 Å². The van der Waals surface area contributed by atoms with Crippen molar-refractivity contribution in [3.8, 4) is 5.75 Å². The predicted molar refractivity (Wildman–Crippen MR) is 108 cm³/mol. The molecule has 0 unspecified atom stereocenters. The Balaban J connectivity index is 1.68. The summed E-state index contributed by atoms with van der Waals surface area (Å²) in [6, 6.07) is 7.12. The molecule has 6 heteroatoms. The lowest BCUT2D eigenvalue weighted by Gasteiger charge is -2.26. The van der Waals surface area contributed by atoms with Gasteiger partial charge in [0, 0.05) is 11.3 Å². The van der Waals surface area contributed by atoms with Gasteiger partial charge in [0.15, 0.2) is 0 Å². The van der Waals surface area contributed by atoms with E-state index < -0.39 is 4.75 Å². The van der Waals surface area contributed by atoms with E-state index in [1.807, 2.05) is 26.0 Å². The van der Waals surface area contributed by atoms with Crippen molar-refractivity contribution in [1.82, 2.24) is 10.6 Å². The number of thioether (sulfide) groups is 1. The van der Waals surface area contributed by atoms with E-state index in [0.29, 0.717) is 12.5 Å². The SMILES string of the molecule is CCC1=C(c2cccc(O)c2)NC(NC(=O)C(C)(C)SCC2CC2)=NC1. The molecular formula is C20H27N3O2S. The first kappa shape index (κ1) is 18.8. The van der Waals surface area contributed by atoms with E-state index >= 15 is 0 Å². The van der Waals surface area contributed by atoms with Crippen LogP contribution in [0.4, 0.5) is 0 Å². The second-order valence-corrected chi connectivity index (χ2v) is 9.03. The van der Waals surface area contributed by atoms with E-state index in [1.165, 1.54) is 12.8 Å². The normalized spacial score (nSPS) is 17.6. The predicted octanol–water partition coefficient (Wildman–Crippen LogP) is 3.51. The van der Waals surface area contributed by atoms with Gasteiger partial charge in [-0.05, 0) is 62.5 Å². The Labute approximate surface area is 159 Å². The van der Waals surface area contributed by atoms with Crippen molar-refractivity contribution in [2.24, 2.45) is 10.9 Å². The average molecular weight is 374 g/mol. The number of rotatable bonds is 6. The van der Waals surface area contributed by atoms with Gasteiger partial charge in [0.1, 0.15) is 5.75 Å². The molecule has 26 heavy (non-hydrogen) atoms. The van der Waals surface area contributed by atoms with Crippen molar-refractivity contribution in [3.63, 3.8) is 0 Å². The molecule has 0 spiro atoms. The fraction of sp³-hybridized carbons (Fsp3) is 0.500. The third-order valence-corrected chi connectivity index (χ3v) is 6.29. The molecule has 1 aliphatic carbocycles. The fourth-order valence-corrected chi connectivity index (χ4v) is 3.90. The number of nitrogens with zero attached hydrogens (tertiary/aromatic N) is 1. The van der Waals surface area contributed by atoms with Gasteiger partial charge in [0.25, 0.3) is 0 Å².